The van der Waals surface area contributed by atoms with Gasteiger partial charge in [-0.1, -0.05) is 295 Å². The Morgan fingerprint density at radius 1 is 0.297 bits per heavy atom. The third-order valence-corrected chi connectivity index (χ3v) is 27.6. The molecule has 3 unspecified atom stereocenters. The molecule has 0 saturated heterocycles. The lowest BCUT2D eigenvalue weighted by Crippen LogP contribution is -2.30. The normalized spacial score (nSPS) is 16.1. The summed E-state index contributed by atoms with van der Waals surface area (Å²) >= 11 is 0. The minimum atomic E-state index is -0.0739. The Balaban J connectivity index is 0.000000131. The average molecular weight is 1510 g/mol. The van der Waals surface area contributed by atoms with Gasteiger partial charge in [0.15, 0.2) is 0 Å². The first kappa shape index (κ1) is 67.0. The zero-order valence-electron chi connectivity index (χ0n) is 65.8. The topological polar surface area (TPSA) is 71.3 Å². The molecule has 8 nitrogen and oxygen atoms in total. The number of aromatic nitrogens is 8. The minimum absolute atomic E-state index is 0.0739. The summed E-state index contributed by atoms with van der Waals surface area (Å²) in [7, 11) is 0. The van der Waals surface area contributed by atoms with Crippen LogP contribution in [0, 0.1) is 5.92 Å². The average Bonchev–Trinajstić information content (AvgIpc) is 1.57. The summed E-state index contributed by atoms with van der Waals surface area (Å²) in [5.41, 5.74) is 25.0. The number of rotatable bonds is 6. The molecule has 3 atom stereocenters. The van der Waals surface area contributed by atoms with Crippen LogP contribution in [0.2, 0.25) is 0 Å². The van der Waals surface area contributed by atoms with Gasteiger partial charge in [0.1, 0.15) is 0 Å². The summed E-state index contributed by atoms with van der Waals surface area (Å²) in [5.74, 6) is 2.91. The van der Waals surface area contributed by atoms with E-state index in [-0.39, 0.29) is 10.8 Å². The van der Waals surface area contributed by atoms with Crippen molar-refractivity contribution in [3.8, 4) is 45.7 Å². The van der Waals surface area contributed by atoms with Gasteiger partial charge in [-0.3, -0.25) is 9.13 Å². The van der Waals surface area contributed by atoms with Crippen molar-refractivity contribution >= 4 is 152 Å². The van der Waals surface area contributed by atoms with Crippen LogP contribution in [-0.4, -0.2) is 38.2 Å². The minimum Gasteiger partial charge on any atom is -0.309 e. The van der Waals surface area contributed by atoms with E-state index in [9.17, 15) is 0 Å². The zero-order valence-corrected chi connectivity index (χ0v) is 65.8. The molecular formula is C110H78N8. The molecule has 3 aliphatic rings. The number of fused-ring (bicyclic) bond motifs is 27. The maximum atomic E-state index is 5.73. The summed E-state index contributed by atoms with van der Waals surface area (Å²) in [6.45, 7) is 9.60. The van der Waals surface area contributed by atoms with Crippen molar-refractivity contribution in [3.05, 3.63) is 374 Å². The maximum Gasteiger partial charge on any atom is 0.235 e. The molecule has 0 bridgehead atoms. The van der Waals surface area contributed by atoms with Crippen LogP contribution in [-0.2, 0) is 10.8 Å². The van der Waals surface area contributed by atoms with E-state index in [1.807, 2.05) is 0 Å². The van der Waals surface area contributed by atoms with Gasteiger partial charge >= 0.3 is 0 Å². The van der Waals surface area contributed by atoms with E-state index in [1.165, 1.54) is 154 Å². The number of benzene rings is 17. The van der Waals surface area contributed by atoms with Crippen LogP contribution in [0.5, 0.6) is 0 Å². The Bertz CT molecular complexity index is 8290. The van der Waals surface area contributed by atoms with E-state index < -0.39 is 0 Å². The number of nitrogens with zero attached hydrogens (tertiary/aromatic N) is 8. The molecule has 6 aromatic heterocycles. The molecule has 1 fully saturated rings. The number of hydrogen-bond donors (Lipinski definition) is 0. The molecule has 0 radical (unpaired) electrons. The molecule has 1 saturated carbocycles. The zero-order chi connectivity index (χ0) is 78.0. The Hall–Kier alpha value is -14.3. The van der Waals surface area contributed by atoms with E-state index >= 15 is 0 Å². The van der Waals surface area contributed by atoms with Crippen molar-refractivity contribution in [2.24, 2.45) is 5.92 Å². The molecule has 0 amide bonds. The van der Waals surface area contributed by atoms with E-state index in [2.05, 4.69) is 392 Å². The van der Waals surface area contributed by atoms with Crippen LogP contribution in [0.15, 0.2) is 346 Å². The lowest BCUT2D eigenvalue weighted by molar-refractivity contribution is 0.215. The quantitative estimate of drug-likeness (QED) is 0.166. The van der Waals surface area contributed by atoms with Gasteiger partial charge in [-0.05, 0) is 186 Å². The molecule has 558 valence electrons. The van der Waals surface area contributed by atoms with Gasteiger partial charge < -0.3 is 9.13 Å². The van der Waals surface area contributed by atoms with Crippen LogP contribution in [0.1, 0.15) is 86.7 Å². The molecule has 26 rings (SSSR count). The van der Waals surface area contributed by atoms with Gasteiger partial charge in [-0.2, -0.15) is 0 Å². The van der Waals surface area contributed by atoms with Crippen LogP contribution in [0.3, 0.4) is 0 Å². The lowest BCUT2D eigenvalue weighted by atomic mass is 9.66. The van der Waals surface area contributed by atoms with Crippen LogP contribution < -0.4 is 0 Å². The number of hydrogen-bond acceptors (Lipinski definition) is 4. The highest BCUT2D eigenvalue weighted by molar-refractivity contribution is 6.24. The summed E-state index contributed by atoms with van der Waals surface area (Å²) in [6, 6.07) is 127. The second-order valence-electron chi connectivity index (χ2n) is 34.3. The fourth-order valence-electron chi connectivity index (χ4n) is 22.2. The van der Waals surface area contributed by atoms with E-state index in [0.717, 1.165) is 79.9 Å². The Labute approximate surface area is 680 Å². The van der Waals surface area contributed by atoms with Gasteiger partial charge in [0, 0.05) is 87.5 Å². The first-order chi connectivity index (χ1) is 58.0. The molecular weight excluding hydrogens is 1430 g/mol. The molecule has 0 N–H and O–H groups in total. The third kappa shape index (κ3) is 9.65. The Kier molecular flexibility index (Phi) is 14.3. The molecule has 0 aliphatic heterocycles. The summed E-state index contributed by atoms with van der Waals surface area (Å²) in [6.07, 6.45) is 3.43. The van der Waals surface area contributed by atoms with E-state index in [0.29, 0.717) is 23.7 Å². The summed E-state index contributed by atoms with van der Waals surface area (Å²) in [4.78, 5) is 22.2. The lowest BCUT2D eigenvalue weighted by Gasteiger charge is -2.38. The van der Waals surface area contributed by atoms with E-state index in [4.69, 9.17) is 19.9 Å². The van der Waals surface area contributed by atoms with Gasteiger partial charge in [-0.25, -0.2) is 19.9 Å². The number of para-hydroxylation sites is 4. The highest BCUT2D eigenvalue weighted by atomic mass is 15.2. The largest absolute Gasteiger partial charge is 0.309 e. The highest BCUT2D eigenvalue weighted by Crippen LogP contribution is 2.59. The maximum absolute atomic E-state index is 5.73. The Morgan fingerprint density at radius 2 is 0.788 bits per heavy atom. The van der Waals surface area contributed by atoms with Crippen molar-refractivity contribution in [1.29, 1.82) is 0 Å². The van der Waals surface area contributed by atoms with Crippen LogP contribution in [0.4, 0.5) is 0 Å². The Morgan fingerprint density at radius 3 is 1.47 bits per heavy atom. The smallest absolute Gasteiger partial charge is 0.235 e. The van der Waals surface area contributed by atoms with Gasteiger partial charge in [0.25, 0.3) is 0 Å². The van der Waals surface area contributed by atoms with Gasteiger partial charge in [0.2, 0.25) is 11.9 Å². The van der Waals surface area contributed by atoms with Gasteiger partial charge in [-0.15, -0.1) is 0 Å². The molecule has 6 heterocycles. The summed E-state index contributed by atoms with van der Waals surface area (Å²) in [5, 5.41) is 21.9. The van der Waals surface area contributed by atoms with Crippen molar-refractivity contribution in [3.63, 3.8) is 0 Å². The molecule has 17 aromatic carbocycles. The van der Waals surface area contributed by atoms with Gasteiger partial charge in [0.05, 0.1) is 66.6 Å². The monoisotopic (exact) mass is 1510 g/mol. The fraction of sp³-hybridized carbons (Fsp3) is 0.109. The summed E-state index contributed by atoms with van der Waals surface area (Å²) < 4.78 is 9.56. The van der Waals surface area contributed by atoms with Crippen molar-refractivity contribution in [2.45, 2.75) is 69.6 Å². The van der Waals surface area contributed by atoms with Crippen LogP contribution in [0.25, 0.3) is 198 Å². The molecule has 3 aliphatic carbocycles. The molecule has 118 heavy (non-hydrogen) atoms. The van der Waals surface area contributed by atoms with Crippen molar-refractivity contribution in [2.75, 3.05) is 0 Å². The predicted octanol–water partition coefficient (Wildman–Crippen LogP) is 28.2. The molecule has 8 heteroatoms. The second kappa shape index (κ2) is 25.1. The van der Waals surface area contributed by atoms with E-state index in [1.54, 1.807) is 5.56 Å². The second-order valence-corrected chi connectivity index (χ2v) is 34.3. The van der Waals surface area contributed by atoms with Crippen LogP contribution >= 0.6 is 0 Å². The predicted molar refractivity (Wildman–Crippen MR) is 492 cm³/mol. The van der Waals surface area contributed by atoms with Crippen molar-refractivity contribution in [1.82, 2.24) is 38.2 Å². The van der Waals surface area contributed by atoms with Crippen molar-refractivity contribution < 1.29 is 0 Å². The SMILES string of the molecule is CC1(C)c2ccccc2-c2cc(-c3nc(-n4c5cc(-n6c7ccccc7c7ccc8ccccc8c76)ccc5c5c6ccccc6ccc54)nc4ccccc34)ccc21.CC1(C)c2ccccc2C2CC(c3nc(-n4c5cc(-n6c7ccccc7c7cc8ccccc8cc76)ccc5c5c6ccccc6ccc54)nc4ccccc34)CCC21. The third-order valence-electron chi connectivity index (χ3n) is 27.6. The fourth-order valence-corrected chi connectivity index (χ4v) is 22.2. The highest BCUT2D eigenvalue weighted by Gasteiger charge is 2.49. The molecule has 0 spiro atoms. The first-order valence-corrected chi connectivity index (χ1v) is 41.7. The standard InChI is InChI=1S/C55H36N4.C55H42N4/c1-55(2)45-20-10-7-17-39(45)44-31-35(24-29-46(44)55)52-42-19-8-11-21-47(42)56-54(57-52)59-49-30-25-33-13-3-5-15-37(33)51(49)43-28-26-36(32-50(43)59)58-48-22-12-9-18-40(48)41-27-23-34-14-4-6-16-38(34)53(41)58;1-55(2)45-20-10-7-17-39(45)43-30-36(23-27-46(43)55)53-41-19-8-11-21-47(41)56-54(57-53)59-49-28-24-33-13-5-6-16-38(33)52(49)42-26-25-37(32-51(42)59)58-48-22-12-9-18-40(48)44-29-34-14-3-4-15-35(34)31-50(44)58/h3-32H,1-2H3;3-22,24-26,28-29,31-32,36,43,46H,23,27,30H2,1-2H3. The molecule has 23 aromatic rings. The first-order valence-electron chi connectivity index (χ1n) is 41.7.